The molecule has 1 fully saturated rings. The largest absolute Gasteiger partial charge is 0.352 e. The zero-order chi connectivity index (χ0) is 16.9. The van der Waals surface area contributed by atoms with Crippen molar-refractivity contribution in [1.82, 2.24) is 25.3 Å². The highest BCUT2D eigenvalue weighted by Gasteiger charge is 2.24. The second-order valence-electron chi connectivity index (χ2n) is 5.80. The van der Waals surface area contributed by atoms with E-state index < -0.39 is 0 Å². The van der Waals surface area contributed by atoms with E-state index in [1.54, 1.807) is 12.3 Å². The van der Waals surface area contributed by atoms with Crippen LogP contribution in [0.1, 0.15) is 10.4 Å². The first-order valence-electron chi connectivity index (χ1n) is 8.00. The number of hydrogen-bond acceptors (Lipinski definition) is 4. The van der Waals surface area contributed by atoms with Crippen LogP contribution in [-0.4, -0.2) is 71.1 Å². The number of aromatic amines is 1. The molecule has 0 aliphatic carbocycles. The molecule has 0 unspecified atom stereocenters. The molecule has 3 rings (SSSR count). The van der Waals surface area contributed by atoms with E-state index in [4.69, 9.17) is 0 Å². The van der Waals surface area contributed by atoms with Gasteiger partial charge in [0.1, 0.15) is 0 Å². The van der Waals surface area contributed by atoms with E-state index in [0.29, 0.717) is 44.8 Å². The van der Waals surface area contributed by atoms with E-state index in [9.17, 15) is 9.59 Å². The Morgan fingerprint density at radius 2 is 2.08 bits per heavy atom. The minimum absolute atomic E-state index is 0.000564. The Morgan fingerprint density at radius 1 is 1.29 bits per heavy atom. The van der Waals surface area contributed by atoms with Crippen LogP contribution in [0, 0.1) is 0 Å². The second kappa shape index (κ2) is 7.27. The summed E-state index contributed by atoms with van der Waals surface area (Å²) in [4.78, 5) is 28.4. The highest BCUT2D eigenvalue weighted by molar-refractivity contribution is 6.05. The standard InChI is InChI=1S/C17H21N5O2/c1-2-6-18-15(23)12-21-7-9-22(10-8-21)17(24)14-5-3-4-13-11-19-20-16(13)14/h2-5,11H,1,6-10,12H2,(H,18,23)(H,19,20). The van der Waals surface area contributed by atoms with Crippen molar-refractivity contribution in [3.05, 3.63) is 42.6 Å². The molecule has 126 valence electrons. The van der Waals surface area contributed by atoms with Crippen molar-refractivity contribution < 1.29 is 9.59 Å². The Labute approximate surface area is 140 Å². The number of carbonyl (C=O) groups is 2. The SMILES string of the molecule is C=CCNC(=O)CN1CCN(C(=O)c2cccc3cn[nH]c23)CC1. The predicted molar refractivity (Wildman–Crippen MR) is 91.6 cm³/mol. The van der Waals surface area contributed by atoms with Gasteiger partial charge in [-0.1, -0.05) is 18.2 Å². The molecule has 1 saturated heterocycles. The Hall–Kier alpha value is -2.67. The molecule has 0 atom stereocenters. The minimum atomic E-state index is -0.0168. The maximum absolute atomic E-state index is 12.8. The van der Waals surface area contributed by atoms with E-state index in [-0.39, 0.29) is 11.8 Å². The van der Waals surface area contributed by atoms with Gasteiger partial charge >= 0.3 is 0 Å². The maximum Gasteiger partial charge on any atom is 0.256 e. The quantitative estimate of drug-likeness (QED) is 0.789. The minimum Gasteiger partial charge on any atom is -0.352 e. The molecule has 7 nitrogen and oxygen atoms in total. The fourth-order valence-corrected chi connectivity index (χ4v) is 2.87. The molecular weight excluding hydrogens is 306 g/mol. The Kier molecular flexibility index (Phi) is 4.90. The average Bonchev–Trinajstić information content (AvgIpc) is 3.08. The third-order valence-corrected chi connectivity index (χ3v) is 4.18. The topological polar surface area (TPSA) is 81.3 Å². The number of aromatic nitrogens is 2. The van der Waals surface area contributed by atoms with Crippen LogP contribution in [0.5, 0.6) is 0 Å². The van der Waals surface area contributed by atoms with E-state index in [0.717, 1.165) is 10.9 Å². The molecule has 1 aromatic carbocycles. The third-order valence-electron chi connectivity index (χ3n) is 4.18. The van der Waals surface area contributed by atoms with Crippen molar-refractivity contribution in [3.8, 4) is 0 Å². The molecule has 0 bridgehead atoms. The fraction of sp³-hybridized carbons (Fsp3) is 0.353. The van der Waals surface area contributed by atoms with Crippen LogP contribution < -0.4 is 5.32 Å². The molecule has 0 saturated carbocycles. The zero-order valence-electron chi connectivity index (χ0n) is 13.5. The molecular formula is C17H21N5O2. The summed E-state index contributed by atoms with van der Waals surface area (Å²) in [5.41, 5.74) is 1.41. The van der Waals surface area contributed by atoms with E-state index >= 15 is 0 Å². The lowest BCUT2D eigenvalue weighted by atomic mass is 10.1. The lowest BCUT2D eigenvalue weighted by Crippen LogP contribution is -2.51. The van der Waals surface area contributed by atoms with Gasteiger partial charge in [-0.25, -0.2) is 0 Å². The molecule has 2 amide bonds. The Morgan fingerprint density at radius 3 is 2.83 bits per heavy atom. The first-order chi connectivity index (χ1) is 11.7. The number of para-hydroxylation sites is 1. The molecule has 0 radical (unpaired) electrons. The molecule has 2 N–H and O–H groups in total. The van der Waals surface area contributed by atoms with E-state index in [1.807, 2.05) is 23.1 Å². The van der Waals surface area contributed by atoms with Gasteiger partial charge in [-0.15, -0.1) is 6.58 Å². The van der Waals surface area contributed by atoms with Crippen LogP contribution in [0.2, 0.25) is 0 Å². The van der Waals surface area contributed by atoms with Crippen LogP contribution in [-0.2, 0) is 4.79 Å². The third kappa shape index (κ3) is 3.46. The molecule has 2 aromatic rings. The van der Waals surface area contributed by atoms with Gasteiger partial charge < -0.3 is 10.2 Å². The van der Waals surface area contributed by atoms with Gasteiger partial charge in [0.15, 0.2) is 0 Å². The van der Waals surface area contributed by atoms with Crippen molar-refractivity contribution in [3.63, 3.8) is 0 Å². The number of piperazine rings is 1. The fourth-order valence-electron chi connectivity index (χ4n) is 2.87. The van der Waals surface area contributed by atoms with E-state index in [1.165, 1.54) is 0 Å². The van der Waals surface area contributed by atoms with Gasteiger partial charge in [0, 0.05) is 38.1 Å². The summed E-state index contributed by atoms with van der Waals surface area (Å²) < 4.78 is 0. The number of H-pyrrole nitrogens is 1. The smallest absolute Gasteiger partial charge is 0.256 e. The van der Waals surface area contributed by atoms with Gasteiger partial charge in [-0.3, -0.25) is 19.6 Å². The zero-order valence-corrected chi connectivity index (χ0v) is 13.5. The summed E-state index contributed by atoms with van der Waals surface area (Å²) in [5, 5.41) is 10.6. The number of carbonyl (C=O) groups excluding carboxylic acids is 2. The highest BCUT2D eigenvalue weighted by atomic mass is 16.2. The van der Waals surface area contributed by atoms with E-state index in [2.05, 4.69) is 27.0 Å². The predicted octanol–water partition coefficient (Wildman–Crippen LogP) is 0.623. The van der Waals surface area contributed by atoms with Gasteiger partial charge in [0.05, 0.1) is 23.8 Å². The van der Waals surface area contributed by atoms with Crippen LogP contribution in [0.3, 0.4) is 0 Å². The van der Waals surface area contributed by atoms with Gasteiger partial charge in [0.25, 0.3) is 5.91 Å². The first-order valence-corrected chi connectivity index (χ1v) is 8.00. The monoisotopic (exact) mass is 327 g/mol. The number of nitrogens with one attached hydrogen (secondary N) is 2. The molecule has 24 heavy (non-hydrogen) atoms. The van der Waals surface area contributed by atoms with Gasteiger partial charge in [-0.05, 0) is 6.07 Å². The van der Waals surface area contributed by atoms with Crippen molar-refractivity contribution in [2.45, 2.75) is 0 Å². The number of amides is 2. The number of hydrogen-bond donors (Lipinski definition) is 2. The Bertz CT molecular complexity index is 746. The normalized spacial score (nSPS) is 15.4. The van der Waals surface area contributed by atoms with Crippen LogP contribution >= 0.6 is 0 Å². The van der Waals surface area contributed by atoms with Crippen LogP contribution in [0.15, 0.2) is 37.1 Å². The molecule has 1 aromatic heterocycles. The maximum atomic E-state index is 12.8. The van der Waals surface area contributed by atoms with Crippen molar-refractivity contribution >= 4 is 22.7 Å². The van der Waals surface area contributed by atoms with Gasteiger partial charge in [-0.2, -0.15) is 5.10 Å². The summed E-state index contributed by atoms with van der Waals surface area (Å²) in [6, 6.07) is 5.61. The van der Waals surface area contributed by atoms with Crippen LogP contribution in [0.4, 0.5) is 0 Å². The molecule has 1 aliphatic heterocycles. The Balaban J connectivity index is 1.58. The summed E-state index contributed by atoms with van der Waals surface area (Å²) in [6.07, 6.45) is 3.37. The lowest BCUT2D eigenvalue weighted by molar-refractivity contribution is -0.122. The number of benzene rings is 1. The van der Waals surface area contributed by atoms with Gasteiger partial charge in [0.2, 0.25) is 5.91 Å². The molecule has 2 heterocycles. The molecule has 1 aliphatic rings. The average molecular weight is 327 g/mol. The highest BCUT2D eigenvalue weighted by Crippen LogP contribution is 2.18. The second-order valence-corrected chi connectivity index (χ2v) is 5.80. The molecule has 0 spiro atoms. The molecule has 7 heteroatoms. The van der Waals surface area contributed by atoms with Crippen molar-refractivity contribution in [2.75, 3.05) is 39.3 Å². The first kappa shape index (κ1) is 16.2. The summed E-state index contributed by atoms with van der Waals surface area (Å²) in [7, 11) is 0. The van der Waals surface area contributed by atoms with Crippen LogP contribution in [0.25, 0.3) is 10.9 Å². The number of nitrogens with zero attached hydrogens (tertiary/aromatic N) is 3. The van der Waals surface area contributed by atoms with Crippen molar-refractivity contribution in [1.29, 1.82) is 0 Å². The lowest BCUT2D eigenvalue weighted by Gasteiger charge is -2.34. The number of rotatable bonds is 5. The summed E-state index contributed by atoms with van der Waals surface area (Å²) >= 11 is 0. The van der Waals surface area contributed by atoms with Crippen molar-refractivity contribution in [2.24, 2.45) is 0 Å². The number of fused-ring (bicyclic) bond motifs is 1. The summed E-state index contributed by atoms with van der Waals surface area (Å²) in [5.74, 6) is -0.0162. The summed E-state index contributed by atoms with van der Waals surface area (Å²) in [6.45, 7) is 7.00.